The van der Waals surface area contributed by atoms with Crippen molar-refractivity contribution >= 4 is 21.4 Å². The number of benzene rings is 1. The Labute approximate surface area is 148 Å². The molecule has 1 aromatic carbocycles. The molecular weight excluding hydrogens is 342 g/mol. The van der Waals surface area contributed by atoms with Gasteiger partial charge in [-0.2, -0.15) is 4.31 Å². The molecule has 1 aliphatic heterocycles. The number of thiazole rings is 1. The molecule has 0 spiro atoms. The lowest BCUT2D eigenvalue weighted by molar-refractivity contribution is 0.180. The van der Waals surface area contributed by atoms with Crippen molar-refractivity contribution in [2.75, 3.05) is 26.2 Å². The summed E-state index contributed by atoms with van der Waals surface area (Å²) in [4.78, 5) is 6.87. The van der Waals surface area contributed by atoms with Gasteiger partial charge in [0, 0.05) is 38.1 Å². The third-order valence-electron chi connectivity index (χ3n) is 4.20. The van der Waals surface area contributed by atoms with Gasteiger partial charge in [0.05, 0.1) is 16.5 Å². The summed E-state index contributed by atoms with van der Waals surface area (Å²) in [6.07, 6.45) is 0.968. The Bertz CT molecular complexity index is 751. The average molecular weight is 366 g/mol. The minimum Gasteiger partial charge on any atom is -0.295 e. The second-order valence-corrected chi connectivity index (χ2v) is 8.91. The molecule has 1 aliphatic rings. The predicted molar refractivity (Wildman–Crippen MR) is 97.4 cm³/mol. The smallest absolute Gasteiger partial charge is 0.218 e. The minimum absolute atomic E-state index is 0.0831. The molecule has 7 heteroatoms. The summed E-state index contributed by atoms with van der Waals surface area (Å²) >= 11 is 1.70. The molecule has 130 valence electrons. The lowest BCUT2D eigenvalue weighted by atomic mass is 10.2. The van der Waals surface area contributed by atoms with E-state index in [0.29, 0.717) is 13.1 Å². The topological polar surface area (TPSA) is 53.5 Å². The third-order valence-corrected chi connectivity index (χ3v) is 7.10. The van der Waals surface area contributed by atoms with E-state index in [9.17, 15) is 8.42 Å². The van der Waals surface area contributed by atoms with Gasteiger partial charge in [-0.15, -0.1) is 11.3 Å². The van der Waals surface area contributed by atoms with Crippen LogP contribution in [0, 0.1) is 0 Å². The van der Waals surface area contributed by atoms with Crippen molar-refractivity contribution in [2.45, 2.75) is 25.6 Å². The number of hydrogen-bond acceptors (Lipinski definition) is 5. The van der Waals surface area contributed by atoms with E-state index in [0.717, 1.165) is 42.3 Å². The third kappa shape index (κ3) is 4.42. The molecule has 1 saturated heterocycles. The van der Waals surface area contributed by atoms with E-state index >= 15 is 0 Å². The molecule has 1 aromatic heterocycles. The van der Waals surface area contributed by atoms with Crippen molar-refractivity contribution in [2.24, 2.45) is 0 Å². The van der Waals surface area contributed by atoms with Gasteiger partial charge in [0.2, 0.25) is 10.0 Å². The van der Waals surface area contributed by atoms with Crippen molar-refractivity contribution in [1.82, 2.24) is 14.2 Å². The van der Waals surface area contributed by atoms with Crippen LogP contribution in [0.2, 0.25) is 0 Å². The molecule has 0 atom stereocenters. The minimum atomic E-state index is -3.24. The van der Waals surface area contributed by atoms with Crippen molar-refractivity contribution in [3.63, 3.8) is 0 Å². The number of aromatic nitrogens is 1. The highest BCUT2D eigenvalue weighted by Crippen LogP contribution is 2.16. The first-order valence-electron chi connectivity index (χ1n) is 8.24. The second kappa shape index (κ2) is 7.74. The van der Waals surface area contributed by atoms with Gasteiger partial charge >= 0.3 is 0 Å². The number of aryl methyl sites for hydroxylation is 1. The van der Waals surface area contributed by atoms with E-state index in [1.807, 2.05) is 30.3 Å². The molecule has 24 heavy (non-hydrogen) atoms. The number of rotatable bonds is 6. The van der Waals surface area contributed by atoms with Crippen LogP contribution in [-0.2, 0) is 28.7 Å². The summed E-state index contributed by atoms with van der Waals surface area (Å²) in [7, 11) is -3.24. The van der Waals surface area contributed by atoms with Crippen LogP contribution in [0.1, 0.15) is 23.2 Å². The van der Waals surface area contributed by atoms with E-state index in [4.69, 9.17) is 0 Å². The number of nitrogens with zero attached hydrogens (tertiary/aromatic N) is 3. The zero-order valence-electron chi connectivity index (χ0n) is 13.9. The van der Waals surface area contributed by atoms with Gasteiger partial charge in [0.1, 0.15) is 0 Å². The van der Waals surface area contributed by atoms with E-state index in [1.54, 1.807) is 15.6 Å². The fourth-order valence-electron chi connectivity index (χ4n) is 2.85. The molecule has 0 radical (unpaired) electrons. The lowest BCUT2D eigenvalue weighted by Gasteiger charge is -2.33. The number of sulfonamides is 1. The first-order valence-corrected chi connectivity index (χ1v) is 10.7. The highest BCUT2D eigenvalue weighted by molar-refractivity contribution is 7.88. The Kier molecular flexibility index (Phi) is 5.65. The van der Waals surface area contributed by atoms with Crippen LogP contribution < -0.4 is 0 Å². The summed E-state index contributed by atoms with van der Waals surface area (Å²) < 4.78 is 26.7. The summed E-state index contributed by atoms with van der Waals surface area (Å²) in [6.45, 7) is 5.54. The van der Waals surface area contributed by atoms with Crippen LogP contribution in [0.25, 0.3) is 0 Å². The van der Waals surface area contributed by atoms with E-state index in [-0.39, 0.29) is 5.75 Å². The highest BCUT2D eigenvalue weighted by Gasteiger charge is 2.27. The van der Waals surface area contributed by atoms with Crippen molar-refractivity contribution < 1.29 is 8.42 Å². The molecule has 2 heterocycles. The summed E-state index contributed by atoms with van der Waals surface area (Å²) in [5.41, 5.74) is 1.94. The van der Waals surface area contributed by atoms with Crippen LogP contribution in [0.3, 0.4) is 0 Å². The fourth-order valence-corrected chi connectivity index (χ4v) is 5.11. The van der Waals surface area contributed by atoms with Crippen LogP contribution in [-0.4, -0.2) is 48.8 Å². The van der Waals surface area contributed by atoms with Crippen LogP contribution in [0.15, 0.2) is 35.7 Å². The maximum Gasteiger partial charge on any atom is 0.218 e. The van der Waals surface area contributed by atoms with E-state index in [2.05, 4.69) is 22.2 Å². The van der Waals surface area contributed by atoms with Crippen molar-refractivity contribution in [3.05, 3.63) is 52.0 Å². The lowest BCUT2D eigenvalue weighted by Crippen LogP contribution is -2.48. The number of piperazine rings is 1. The van der Waals surface area contributed by atoms with Crippen LogP contribution in [0.5, 0.6) is 0 Å². The fraction of sp³-hybridized carbons (Fsp3) is 0.471. The average Bonchev–Trinajstić information content (AvgIpc) is 3.03. The molecule has 0 bridgehead atoms. The van der Waals surface area contributed by atoms with Crippen molar-refractivity contribution in [1.29, 1.82) is 0 Å². The largest absolute Gasteiger partial charge is 0.295 e. The standard InChI is InChI=1S/C17H23N3O2S2/c1-2-17-18-16(13-23-17)12-19-8-10-20(11-9-19)24(21,22)14-15-6-4-3-5-7-15/h3-7,13H,2,8-12,14H2,1H3. The van der Waals surface area contributed by atoms with Gasteiger partial charge in [-0.25, -0.2) is 13.4 Å². The van der Waals surface area contributed by atoms with Gasteiger partial charge in [0.25, 0.3) is 0 Å². The Hall–Kier alpha value is -1.28. The van der Waals surface area contributed by atoms with Gasteiger partial charge in [-0.1, -0.05) is 37.3 Å². The van der Waals surface area contributed by atoms with E-state index < -0.39 is 10.0 Å². The first-order chi connectivity index (χ1) is 11.6. The molecule has 0 amide bonds. The van der Waals surface area contributed by atoms with Gasteiger partial charge < -0.3 is 0 Å². The summed E-state index contributed by atoms with van der Waals surface area (Å²) in [5, 5.41) is 3.27. The molecular formula is C17H23N3O2S2. The van der Waals surface area contributed by atoms with Crippen LogP contribution >= 0.6 is 11.3 Å². The molecule has 0 unspecified atom stereocenters. The summed E-state index contributed by atoms with van der Waals surface area (Å²) in [6, 6.07) is 9.38. The Morgan fingerprint density at radius 3 is 2.46 bits per heavy atom. The summed E-state index contributed by atoms with van der Waals surface area (Å²) in [5.74, 6) is 0.0831. The zero-order chi connectivity index (χ0) is 17.0. The maximum atomic E-state index is 12.6. The first kappa shape index (κ1) is 17.5. The normalized spacial score (nSPS) is 17.2. The second-order valence-electron chi connectivity index (χ2n) is 6.00. The maximum absolute atomic E-state index is 12.6. The molecule has 2 aromatic rings. The highest BCUT2D eigenvalue weighted by atomic mass is 32.2. The van der Waals surface area contributed by atoms with Gasteiger partial charge in [-0.3, -0.25) is 4.90 Å². The monoisotopic (exact) mass is 365 g/mol. The molecule has 0 aliphatic carbocycles. The van der Waals surface area contributed by atoms with Gasteiger partial charge in [0.15, 0.2) is 0 Å². The van der Waals surface area contributed by atoms with Crippen molar-refractivity contribution in [3.8, 4) is 0 Å². The quantitative estimate of drug-likeness (QED) is 0.789. The molecule has 3 rings (SSSR count). The molecule has 5 nitrogen and oxygen atoms in total. The molecule has 0 N–H and O–H groups in total. The molecule has 0 saturated carbocycles. The van der Waals surface area contributed by atoms with Gasteiger partial charge in [-0.05, 0) is 12.0 Å². The zero-order valence-corrected chi connectivity index (χ0v) is 15.5. The predicted octanol–water partition coefficient (Wildman–Crippen LogP) is 2.35. The molecule has 1 fully saturated rings. The SMILES string of the molecule is CCc1nc(CN2CCN(S(=O)(=O)Cc3ccccc3)CC2)cs1. The Balaban J connectivity index is 1.54. The van der Waals surface area contributed by atoms with E-state index in [1.165, 1.54) is 0 Å². The number of hydrogen-bond donors (Lipinski definition) is 0. The Morgan fingerprint density at radius 1 is 1.12 bits per heavy atom. The van der Waals surface area contributed by atoms with Crippen LogP contribution in [0.4, 0.5) is 0 Å². The Morgan fingerprint density at radius 2 is 1.83 bits per heavy atom.